The Balaban J connectivity index is 2.61. The van der Waals surface area contributed by atoms with Gasteiger partial charge >= 0.3 is 0 Å². The minimum atomic E-state index is -3.02. The Morgan fingerprint density at radius 3 is 2.17 bits per heavy atom. The van der Waals surface area contributed by atoms with E-state index in [1.54, 1.807) is 14.1 Å². The van der Waals surface area contributed by atoms with Crippen LogP contribution < -0.4 is 5.32 Å². The molecule has 1 fully saturated rings. The number of hydrogen-bond donors (Lipinski definition) is 1. The van der Waals surface area contributed by atoms with Crippen molar-refractivity contribution in [3.63, 3.8) is 0 Å². The molecule has 1 heterocycles. The second kappa shape index (κ2) is 2.97. The minimum Gasteiger partial charge on any atom is -0.315 e. The number of nitrogens with one attached hydrogen (secondary N) is 1. The van der Waals surface area contributed by atoms with Crippen molar-refractivity contribution in [2.45, 2.75) is 6.92 Å². The first kappa shape index (κ1) is 9.95. The Morgan fingerprint density at radius 2 is 1.92 bits per heavy atom. The zero-order chi connectivity index (χ0) is 9.41. The number of nitrogens with zero attached hydrogens (tertiary/aromatic N) is 1. The Bertz CT molecular complexity index is 255. The summed E-state index contributed by atoms with van der Waals surface area (Å²) in [5, 5.41) is 3.08. The monoisotopic (exact) mass is 192 g/mol. The first-order chi connectivity index (χ1) is 5.36. The normalized spacial score (nSPS) is 22.3. The van der Waals surface area contributed by atoms with E-state index >= 15 is 0 Å². The highest BCUT2D eigenvalue weighted by Crippen LogP contribution is 2.23. The molecule has 0 spiro atoms. The molecule has 1 saturated heterocycles. The molecule has 1 aliphatic rings. The maximum absolute atomic E-state index is 11.4. The Kier molecular flexibility index (Phi) is 2.47. The van der Waals surface area contributed by atoms with E-state index in [2.05, 4.69) is 5.32 Å². The minimum absolute atomic E-state index is 0.0525. The van der Waals surface area contributed by atoms with Crippen LogP contribution in [-0.2, 0) is 10.0 Å². The highest BCUT2D eigenvalue weighted by atomic mass is 32.2. The third-order valence-electron chi connectivity index (χ3n) is 2.19. The molecule has 0 amide bonds. The topological polar surface area (TPSA) is 49.4 Å². The molecule has 0 unspecified atom stereocenters. The fourth-order valence-corrected chi connectivity index (χ4v) is 2.57. The van der Waals surface area contributed by atoms with Gasteiger partial charge < -0.3 is 5.32 Å². The highest BCUT2D eigenvalue weighted by molar-refractivity contribution is 7.89. The van der Waals surface area contributed by atoms with E-state index in [4.69, 9.17) is 0 Å². The number of hydrogen-bond acceptors (Lipinski definition) is 3. The molecule has 0 atom stereocenters. The number of sulfonamides is 1. The zero-order valence-corrected chi connectivity index (χ0v) is 8.61. The van der Waals surface area contributed by atoms with Crippen molar-refractivity contribution in [1.29, 1.82) is 0 Å². The maximum Gasteiger partial charge on any atom is 0.214 e. The zero-order valence-electron chi connectivity index (χ0n) is 7.79. The molecule has 5 heteroatoms. The van der Waals surface area contributed by atoms with Gasteiger partial charge in [0.1, 0.15) is 0 Å². The molecule has 72 valence electrons. The Labute approximate surface area is 74.0 Å². The van der Waals surface area contributed by atoms with Crippen molar-refractivity contribution >= 4 is 10.0 Å². The predicted molar refractivity (Wildman–Crippen MR) is 48.5 cm³/mol. The molecule has 4 nitrogen and oxygen atoms in total. The molecule has 1 N–H and O–H groups in total. The van der Waals surface area contributed by atoms with Gasteiger partial charge in [0.25, 0.3) is 0 Å². The molecule has 0 aromatic heterocycles. The van der Waals surface area contributed by atoms with Gasteiger partial charge in [0.05, 0.1) is 5.75 Å². The van der Waals surface area contributed by atoms with Crippen molar-refractivity contribution in [3.8, 4) is 0 Å². The first-order valence-corrected chi connectivity index (χ1v) is 5.58. The number of rotatable bonds is 3. The predicted octanol–water partition coefficient (Wildman–Crippen LogP) is -0.513. The lowest BCUT2D eigenvalue weighted by atomic mass is 9.87. The molecule has 0 bridgehead atoms. The van der Waals surface area contributed by atoms with Crippen molar-refractivity contribution in [3.05, 3.63) is 0 Å². The second-order valence-corrected chi connectivity index (χ2v) is 6.14. The van der Waals surface area contributed by atoms with Gasteiger partial charge in [-0.05, 0) is 0 Å². The molecule has 0 radical (unpaired) electrons. The van der Waals surface area contributed by atoms with Crippen LogP contribution in [0.4, 0.5) is 0 Å². The third-order valence-corrected chi connectivity index (χ3v) is 4.37. The van der Waals surface area contributed by atoms with Gasteiger partial charge in [-0.15, -0.1) is 0 Å². The molecular formula is C7H16N2O2S. The molecule has 12 heavy (non-hydrogen) atoms. The standard InChI is InChI=1S/C7H16N2O2S/c1-7(4-8-5-7)6-12(10,11)9(2)3/h8H,4-6H2,1-3H3. The van der Waals surface area contributed by atoms with Crippen LogP contribution in [0.1, 0.15) is 6.92 Å². The SMILES string of the molecule is CN(C)S(=O)(=O)CC1(C)CNC1. The van der Waals surface area contributed by atoms with Crippen LogP contribution in [0, 0.1) is 5.41 Å². The fraction of sp³-hybridized carbons (Fsp3) is 1.00. The lowest BCUT2D eigenvalue weighted by molar-refractivity contribution is 0.226. The quantitative estimate of drug-likeness (QED) is 0.655. The average Bonchev–Trinajstić information content (AvgIpc) is 1.83. The molecule has 1 aliphatic heterocycles. The van der Waals surface area contributed by atoms with E-state index in [9.17, 15) is 8.42 Å². The Morgan fingerprint density at radius 1 is 1.42 bits per heavy atom. The van der Waals surface area contributed by atoms with E-state index in [-0.39, 0.29) is 11.2 Å². The van der Waals surface area contributed by atoms with Crippen LogP contribution in [0.2, 0.25) is 0 Å². The van der Waals surface area contributed by atoms with Crippen LogP contribution in [0.15, 0.2) is 0 Å². The van der Waals surface area contributed by atoms with Crippen LogP contribution in [0.25, 0.3) is 0 Å². The second-order valence-electron chi connectivity index (χ2n) is 3.95. The summed E-state index contributed by atoms with van der Waals surface area (Å²) in [4.78, 5) is 0. The molecular weight excluding hydrogens is 176 g/mol. The lowest BCUT2D eigenvalue weighted by Crippen LogP contribution is -2.56. The summed E-state index contributed by atoms with van der Waals surface area (Å²) in [6.07, 6.45) is 0. The molecule has 0 aromatic rings. The largest absolute Gasteiger partial charge is 0.315 e. The van der Waals surface area contributed by atoms with Gasteiger partial charge in [0.15, 0.2) is 0 Å². The summed E-state index contributed by atoms with van der Waals surface area (Å²) >= 11 is 0. The van der Waals surface area contributed by atoms with Gasteiger partial charge in [-0.25, -0.2) is 12.7 Å². The summed E-state index contributed by atoms with van der Waals surface area (Å²) in [7, 11) is 0.125. The van der Waals surface area contributed by atoms with Crippen molar-refractivity contribution in [2.24, 2.45) is 5.41 Å². The third kappa shape index (κ3) is 1.97. The van der Waals surface area contributed by atoms with Gasteiger partial charge in [-0.2, -0.15) is 0 Å². The smallest absolute Gasteiger partial charge is 0.214 e. The van der Waals surface area contributed by atoms with E-state index < -0.39 is 10.0 Å². The fourth-order valence-electron chi connectivity index (χ4n) is 1.22. The van der Waals surface area contributed by atoms with Crippen molar-refractivity contribution in [2.75, 3.05) is 32.9 Å². The van der Waals surface area contributed by atoms with Gasteiger partial charge in [0.2, 0.25) is 10.0 Å². The Hall–Kier alpha value is -0.130. The van der Waals surface area contributed by atoms with Gasteiger partial charge in [-0.1, -0.05) is 6.92 Å². The summed E-state index contributed by atoms with van der Waals surface area (Å²) in [6.45, 7) is 3.60. The molecule has 0 aliphatic carbocycles. The van der Waals surface area contributed by atoms with E-state index in [1.807, 2.05) is 6.92 Å². The van der Waals surface area contributed by atoms with E-state index in [1.165, 1.54) is 4.31 Å². The average molecular weight is 192 g/mol. The van der Waals surface area contributed by atoms with Gasteiger partial charge in [-0.3, -0.25) is 0 Å². The van der Waals surface area contributed by atoms with Crippen molar-refractivity contribution in [1.82, 2.24) is 9.62 Å². The van der Waals surface area contributed by atoms with E-state index in [0.29, 0.717) is 0 Å². The van der Waals surface area contributed by atoms with Crippen LogP contribution in [-0.4, -0.2) is 45.7 Å². The highest BCUT2D eigenvalue weighted by Gasteiger charge is 2.37. The molecule has 0 saturated carbocycles. The van der Waals surface area contributed by atoms with Crippen LogP contribution in [0.5, 0.6) is 0 Å². The van der Waals surface area contributed by atoms with Crippen molar-refractivity contribution < 1.29 is 8.42 Å². The van der Waals surface area contributed by atoms with Crippen LogP contribution >= 0.6 is 0 Å². The summed E-state index contributed by atoms with van der Waals surface area (Å²) in [5.74, 6) is 0.250. The van der Waals surface area contributed by atoms with E-state index in [0.717, 1.165) is 13.1 Å². The first-order valence-electron chi connectivity index (χ1n) is 3.97. The maximum atomic E-state index is 11.4. The van der Waals surface area contributed by atoms with Gasteiger partial charge in [0, 0.05) is 32.6 Å². The summed E-state index contributed by atoms with van der Waals surface area (Å²) in [6, 6.07) is 0. The summed E-state index contributed by atoms with van der Waals surface area (Å²) < 4.78 is 24.2. The summed E-state index contributed by atoms with van der Waals surface area (Å²) in [5.41, 5.74) is -0.0525. The van der Waals surface area contributed by atoms with Crippen LogP contribution in [0.3, 0.4) is 0 Å². The molecule has 1 rings (SSSR count). The molecule has 0 aromatic carbocycles. The lowest BCUT2D eigenvalue weighted by Gasteiger charge is -2.39.